The van der Waals surface area contributed by atoms with Gasteiger partial charge in [-0.05, 0) is 12.8 Å². The van der Waals surface area contributed by atoms with Crippen LogP contribution in [0.1, 0.15) is 36.2 Å². The zero-order valence-electron chi connectivity index (χ0n) is 13.4. The summed E-state index contributed by atoms with van der Waals surface area (Å²) < 4.78 is 31.1. The number of nitrogens with zero attached hydrogens (tertiary/aromatic N) is 1. The lowest BCUT2D eigenvalue weighted by Gasteiger charge is -2.18. The summed E-state index contributed by atoms with van der Waals surface area (Å²) in [4.78, 5) is 23.5. The van der Waals surface area contributed by atoms with Gasteiger partial charge in [0, 0.05) is 24.0 Å². The van der Waals surface area contributed by atoms with Crippen molar-refractivity contribution >= 4 is 34.3 Å². The van der Waals surface area contributed by atoms with Gasteiger partial charge in [0.25, 0.3) is 0 Å². The zero-order valence-corrected chi connectivity index (χ0v) is 14.2. The first-order valence-corrected chi connectivity index (χ1v) is 8.61. The molecule has 9 heteroatoms. The predicted molar refractivity (Wildman–Crippen MR) is 92.1 cm³/mol. The molecule has 134 valence electrons. The number of hydrogen-bond donors (Lipinski definition) is 3. The van der Waals surface area contributed by atoms with E-state index in [1.165, 1.54) is 4.57 Å². The minimum atomic E-state index is -1.46. The van der Waals surface area contributed by atoms with Crippen molar-refractivity contribution in [1.82, 2.24) is 4.57 Å². The van der Waals surface area contributed by atoms with Crippen molar-refractivity contribution in [2.45, 2.75) is 36.0 Å². The van der Waals surface area contributed by atoms with Crippen LogP contribution in [0, 0.1) is 11.6 Å². The van der Waals surface area contributed by atoms with Gasteiger partial charge in [-0.25, -0.2) is 13.6 Å². The van der Waals surface area contributed by atoms with Crippen LogP contribution in [0.2, 0.25) is 0 Å². The SMILES string of the molecule is CC(CN)Sc1c(F)c(N)c2c(=O)c(C(=O)O)cn(C3CC3)c2c1F. The second-order valence-electron chi connectivity index (χ2n) is 6.07. The molecule has 1 heterocycles. The van der Waals surface area contributed by atoms with E-state index in [2.05, 4.69) is 0 Å². The summed E-state index contributed by atoms with van der Waals surface area (Å²) in [7, 11) is 0. The Kier molecular flexibility index (Phi) is 4.46. The Bertz CT molecular complexity index is 941. The van der Waals surface area contributed by atoms with E-state index in [1.807, 2.05) is 0 Å². The summed E-state index contributed by atoms with van der Waals surface area (Å²) in [6, 6.07) is -0.134. The highest BCUT2D eigenvalue weighted by Crippen LogP contribution is 2.42. The summed E-state index contributed by atoms with van der Waals surface area (Å²) in [6.45, 7) is 1.92. The Labute approximate surface area is 145 Å². The summed E-state index contributed by atoms with van der Waals surface area (Å²) in [6.07, 6.45) is 2.55. The maximum absolute atomic E-state index is 15.1. The fourth-order valence-electron chi connectivity index (χ4n) is 2.69. The summed E-state index contributed by atoms with van der Waals surface area (Å²) in [5.41, 5.74) is 9.06. The van der Waals surface area contributed by atoms with E-state index in [0.717, 1.165) is 30.8 Å². The van der Waals surface area contributed by atoms with E-state index in [4.69, 9.17) is 11.5 Å². The van der Waals surface area contributed by atoms with Crippen LogP contribution in [0.5, 0.6) is 0 Å². The monoisotopic (exact) mass is 369 g/mol. The van der Waals surface area contributed by atoms with Crippen molar-refractivity contribution < 1.29 is 18.7 Å². The lowest BCUT2D eigenvalue weighted by Crippen LogP contribution is -2.22. The molecule has 1 unspecified atom stereocenters. The van der Waals surface area contributed by atoms with Crippen molar-refractivity contribution in [3.05, 3.63) is 33.6 Å². The number of anilines is 1. The Balaban J connectivity index is 2.43. The molecule has 0 saturated heterocycles. The first-order valence-electron chi connectivity index (χ1n) is 7.73. The lowest BCUT2D eigenvalue weighted by atomic mass is 10.1. The van der Waals surface area contributed by atoms with Crippen molar-refractivity contribution in [2.24, 2.45) is 5.73 Å². The van der Waals surface area contributed by atoms with E-state index < -0.39 is 39.7 Å². The van der Waals surface area contributed by atoms with Gasteiger partial charge in [0.2, 0.25) is 5.43 Å². The predicted octanol–water partition coefficient (Wildman–Crippen LogP) is 2.33. The number of carboxylic acid groups (broad SMARTS) is 1. The maximum Gasteiger partial charge on any atom is 0.341 e. The normalized spacial score (nSPS) is 15.5. The molecule has 6 nitrogen and oxygen atoms in total. The highest BCUT2D eigenvalue weighted by molar-refractivity contribution is 8.00. The number of halogens is 2. The number of pyridine rings is 1. The van der Waals surface area contributed by atoms with Gasteiger partial charge in [-0.15, -0.1) is 11.8 Å². The number of aromatic carboxylic acids is 1. The molecule has 1 aromatic carbocycles. The van der Waals surface area contributed by atoms with Gasteiger partial charge in [0.05, 0.1) is 21.5 Å². The van der Waals surface area contributed by atoms with Gasteiger partial charge < -0.3 is 21.1 Å². The Hall–Kier alpha value is -2.13. The average Bonchev–Trinajstić information content (AvgIpc) is 3.40. The van der Waals surface area contributed by atoms with E-state index in [9.17, 15) is 19.1 Å². The van der Waals surface area contributed by atoms with Gasteiger partial charge in [-0.1, -0.05) is 6.92 Å². The summed E-state index contributed by atoms with van der Waals surface area (Å²) in [5, 5.41) is 8.54. The number of rotatable bonds is 5. The molecule has 1 aliphatic rings. The fourth-order valence-corrected chi connectivity index (χ4v) is 3.60. The smallest absolute Gasteiger partial charge is 0.341 e. The molecule has 0 spiro atoms. The quantitative estimate of drug-likeness (QED) is 0.551. The number of fused-ring (bicyclic) bond motifs is 1. The standard InChI is InChI=1S/C16H17F2N3O3S/c1-6(4-19)25-15-10(17)12(20)9-13(11(15)18)21(7-2-3-7)5-8(14(9)22)16(23)24/h5-7H,2-4,19-20H2,1H3,(H,23,24). The van der Waals surface area contributed by atoms with Crippen LogP contribution in [0.3, 0.4) is 0 Å². The first kappa shape index (κ1) is 17.7. The number of carboxylic acids is 1. The van der Waals surface area contributed by atoms with Crippen molar-refractivity contribution in [1.29, 1.82) is 0 Å². The fraction of sp³-hybridized carbons (Fsp3) is 0.375. The van der Waals surface area contributed by atoms with Crippen LogP contribution in [-0.2, 0) is 0 Å². The highest BCUT2D eigenvalue weighted by Gasteiger charge is 2.31. The first-order chi connectivity index (χ1) is 11.8. The molecule has 3 rings (SSSR count). The van der Waals surface area contributed by atoms with E-state index in [-0.39, 0.29) is 28.2 Å². The van der Waals surface area contributed by atoms with E-state index >= 15 is 4.39 Å². The lowest BCUT2D eigenvalue weighted by molar-refractivity contribution is 0.0695. The average molecular weight is 369 g/mol. The molecule has 0 radical (unpaired) electrons. The molecule has 25 heavy (non-hydrogen) atoms. The summed E-state index contributed by atoms with van der Waals surface area (Å²) >= 11 is 0.896. The zero-order chi connectivity index (χ0) is 18.5. The van der Waals surface area contributed by atoms with Crippen molar-refractivity contribution in [3.8, 4) is 0 Å². The van der Waals surface area contributed by atoms with Crippen LogP contribution < -0.4 is 16.9 Å². The largest absolute Gasteiger partial charge is 0.477 e. The molecular weight excluding hydrogens is 352 g/mol. The molecular formula is C16H17F2N3O3S. The minimum Gasteiger partial charge on any atom is -0.477 e. The third-order valence-corrected chi connectivity index (χ3v) is 5.36. The molecule has 1 aliphatic carbocycles. The molecule has 1 atom stereocenters. The minimum absolute atomic E-state index is 0.134. The molecule has 0 amide bonds. The number of benzene rings is 1. The second-order valence-corrected chi connectivity index (χ2v) is 7.52. The van der Waals surface area contributed by atoms with Crippen LogP contribution in [0.15, 0.2) is 15.9 Å². The van der Waals surface area contributed by atoms with Gasteiger partial charge in [0.15, 0.2) is 11.6 Å². The maximum atomic E-state index is 15.1. The van der Waals surface area contributed by atoms with Crippen molar-refractivity contribution in [3.63, 3.8) is 0 Å². The van der Waals surface area contributed by atoms with E-state index in [1.54, 1.807) is 6.92 Å². The topological polar surface area (TPSA) is 111 Å². The van der Waals surface area contributed by atoms with Crippen LogP contribution >= 0.6 is 11.8 Å². The number of nitrogen functional groups attached to an aromatic ring is 1. The number of carbonyl (C=O) groups is 1. The highest BCUT2D eigenvalue weighted by atomic mass is 32.2. The molecule has 2 aromatic rings. The molecule has 0 aliphatic heterocycles. The molecule has 1 saturated carbocycles. The van der Waals surface area contributed by atoms with Crippen LogP contribution in [-0.4, -0.2) is 27.4 Å². The van der Waals surface area contributed by atoms with Gasteiger partial charge in [0.1, 0.15) is 5.56 Å². The molecule has 5 N–H and O–H groups in total. The Morgan fingerprint density at radius 1 is 1.44 bits per heavy atom. The third kappa shape index (κ3) is 2.87. The number of nitrogens with two attached hydrogens (primary N) is 2. The Morgan fingerprint density at radius 3 is 2.60 bits per heavy atom. The molecule has 1 aromatic heterocycles. The van der Waals surface area contributed by atoms with Crippen LogP contribution in [0.25, 0.3) is 10.9 Å². The van der Waals surface area contributed by atoms with Gasteiger partial charge >= 0.3 is 5.97 Å². The number of thioether (sulfide) groups is 1. The second kappa shape index (κ2) is 6.30. The summed E-state index contributed by atoms with van der Waals surface area (Å²) in [5.74, 6) is -3.43. The number of hydrogen-bond acceptors (Lipinski definition) is 5. The van der Waals surface area contributed by atoms with Gasteiger partial charge in [-0.2, -0.15) is 0 Å². The number of aromatic nitrogens is 1. The third-order valence-electron chi connectivity index (χ3n) is 4.17. The molecule has 0 bridgehead atoms. The van der Waals surface area contributed by atoms with Crippen LogP contribution in [0.4, 0.5) is 14.5 Å². The van der Waals surface area contributed by atoms with Gasteiger partial charge in [-0.3, -0.25) is 4.79 Å². The Morgan fingerprint density at radius 2 is 2.08 bits per heavy atom. The molecule has 1 fully saturated rings. The van der Waals surface area contributed by atoms with E-state index in [0.29, 0.717) is 0 Å². The van der Waals surface area contributed by atoms with Crippen molar-refractivity contribution in [2.75, 3.05) is 12.3 Å².